The summed E-state index contributed by atoms with van der Waals surface area (Å²) >= 11 is 0. The molecule has 3 atom stereocenters. The summed E-state index contributed by atoms with van der Waals surface area (Å²) in [4.78, 5) is 22.3. The van der Waals surface area contributed by atoms with Crippen molar-refractivity contribution in [2.75, 3.05) is 5.32 Å². The van der Waals surface area contributed by atoms with Gasteiger partial charge < -0.3 is 5.32 Å². The third kappa shape index (κ3) is 2.94. The zero-order chi connectivity index (χ0) is 19.8. The molecule has 29 heavy (non-hydrogen) atoms. The van der Waals surface area contributed by atoms with E-state index >= 15 is 0 Å². The molecule has 1 fully saturated rings. The van der Waals surface area contributed by atoms with Crippen LogP contribution in [0.2, 0.25) is 0 Å². The van der Waals surface area contributed by atoms with Crippen LogP contribution in [0.5, 0.6) is 0 Å². The fraction of sp³-hybridized carbons (Fsp3) is 0.320. The second-order valence-corrected chi connectivity index (χ2v) is 8.30. The lowest BCUT2D eigenvalue weighted by Gasteiger charge is -2.50. The number of carbonyl (C=O) groups is 1. The lowest BCUT2D eigenvalue weighted by Crippen LogP contribution is -2.50. The van der Waals surface area contributed by atoms with Crippen LogP contribution in [-0.4, -0.2) is 15.8 Å². The highest BCUT2D eigenvalue weighted by atomic mass is 16.1. The van der Waals surface area contributed by atoms with E-state index in [2.05, 4.69) is 47.6 Å². The molecule has 2 aliphatic carbocycles. The van der Waals surface area contributed by atoms with Crippen molar-refractivity contribution < 1.29 is 4.79 Å². The maximum atomic E-state index is 12.6. The second kappa shape index (κ2) is 7.11. The fourth-order valence-electron chi connectivity index (χ4n) is 5.40. The van der Waals surface area contributed by atoms with Gasteiger partial charge in [-0.1, -0.05) is 55.5 Å². The van der Waals surface area contributed by atoms with E-state index in [9.17, 15) is 4.79 Å². The molecular weight excluding hydrogens is 358 g/mol. The Bertz CT molecular complexity index is 1030. The lowest BCUT2D eigenvalue weighted by molar-refractivity contribution is -0.128. The molecule has 4 nitrogen and oxygen atoms in total. The topological polar surface area (TPSA) is 54.9 Å². The molecule has 0 unspecified atom stereocenters. The number of hydrogen-bond acceptors (Lipinski definition) is 4. The number of para-hydroxylation sites is 1. The summed E-state index contributed by atoms with van der Waals surface area (Å²) < 4.78 is 0. The third-order valence-corrected chi connectivity index (χ3v) is 6.84. The molecule has 0 radical (unpaired) electrons. The first-order chi connectivity index (χ1) is 14.2. The summed E-state index contributed by atoms with van der Waals surface area (Å²) in [6.45, 7) is 2.11. The van der Waals surface area contributed by atoms with E-state index < -0.39 is 0 Å². The highest BCUT2D eigenvalue weighted by Gasteiger charge is 2.53. The van der Waals surface area contributed by atoms with E-state index in [1.165, 1.54) is 11.1 Å². The van der Waals surface area contributed by atoms with E-state index in [0.29, 0.717) is 18.2 Å². The van der Waals surface area contributed by atoms with Crippen molar-refractivity contribution in [1.82, 2.24) is 9.97 Å². The van der Waals surface area contributed by atoms with Gasteiger partial charge in [0.2, 0.25) is 5.95 Å². The number of hydrogen-bond donors (Lipinski definition) is 1. The van der Waals surface area contributed by atoms with Crippen LogP contribution in [-0.2, 0) is 16.6 Å². The van der Waals surface area contributed by atoms with Crippen LogP contribution < -0.4 is 5.32 Å². The van der Waals surface area contributed by atoms with Gasteiger partial charge in [0.25, 0.3) is 0 Å². The molecule has 0 bridgehead atoms. The number of rotatable bonds is 3. The molecule has 1 N–H and O–H groups in total. The van der Waals surface area contributed by atoms with Crippen LogP contribution in [0.1, 0.15) is 43.0 Å². The van der Waals surface area contributed by atoms with E-state index in [4.69, 9.17) is 4.98 Å². The number of benzene rings is 2. The van der Waals surface area contributed by atoms with Crippen molar-refractivity contribution in [3.8, 4) is 0 Å². The van der Waals surface area contributed by atoms with E-state index in [1.54, 1.807) is 0 Å². The van der Waals surface area contributed by atoms with Gasteiger partial charge in [-0.25, -0.2) is 9.97 Å². The molecule has 2 aliphatic rings. The molecule has 3 aromatic rings. The maximum absolute atomic E-state index is 12.6. The van der Waals surface area contributed by atoms with Gasteiger partial charge in [-0.2, -0.15) is 0 Å². The van der Waals surface area contributed by atoms with Crippen LogP contribution in [0.3, 0.4) is 0 Å². The first-order valence-corrected chi connectivity index (χ1v) is 10.5. The van der Waals surface area contributed by atoms with Crippen LogP contribution in [0, 0.1) is 11.8 Å². The van der Waals surface area contributed by atoms with E-state index in [0.717, 1.165) is 30.6 Å². The van der Waals surface area contributed by atoms with Crippen molar-refractivity contribution in [1.29, 1.82) is 0 Å². The molecule has 1 aromatic heterocycles. The van der Waals surface area contributed by atoms with Crippen molar-refractivity contribution in [3.05, 3.63) is 83.7 Å². The molecule has 146 valence electrons. The van der Waals surface area contributed by atoms with E-state index in [1.807, 2.05) is 36.5 Å². The Hall–Kier alpha value is -3.01. The van der Waals surface area contributed by atoms with Crippen molar-refractivity contribution in [2.24, 2.45) is 11.8 Å². The highest BCUT2D eigenvalue weighted by Crippen LogP contribution is 2.54. The molecule has 2 aromatic carbocycles. The van der Waals surface area contributed by atoms with Gasteiger partial charge in [-0.3, -0.25) is 4.79 Å². The van der Waals surface area contributed by atoms with Crippen molar-refractivity contribution in [3.63, 3.8) is 0 Å². The smallest absolute Gasteiger partial charge is 0.227 e. The molecule has 0 spiro atoms. The number of nitrogens with one attached hydrogen (secondary N) is 1. The Morgan fingerprint density at radius 1 is 1.00 bits per heavy atom. The van der Waals surface area contributed by atoms with Crippen LogP contribution in [0.15, 0.2) is 66.9 Å². The maximum Gasteiger partial charge on any atom is 0.227 e. The largest absolute Gasteiger partial charge is 0.324 e. The second-order valence-electron chi connectivity index (χ2n) is 8.30. The number of Topliss-reactive ketones (excluding diaryl/α,β-unsaturated/α-hetero) is 1. The number of anilines is 2. The first kappa shape index (κ1) is 18.0. The molecule has 5 rings (SSSR count). The van der Waals surface area contributed by atoms with Crippen molar-refractivity contribution in [2.45, 2.75) is 38.0 Å². The Morgan fingerprint density at radius 3 is 2.48 bits per heavy atom. The number of ketones is 1. The molecule has 1 heterocycles. The van der Waals surface area contributed by atoms with Crippen LogP contribution in [0.25, 0.3) is 0 Å². The summed E-state index contributed by atoms with van der Waals surface area (Å²) in [6, 6.07) is 20.7. The van der Waals surface area contributed by atoms with Crippen molar-refractivity contribution >= 4 is 17.4 Å². The molecule has 0 saturated heterocycles. The predicted molar refractivity (Wildman–Crippen MR) is 114 cm³/mol. The normalized spacial score (nSPS) is 25.8. The number of nitrogens with zero attached hydrogens (tertiary/aromatic N) is 2. The number of carbonyl (C=O) groups excluding carboxylic acids is 1. The van der Waals surface area contributed by atoms with Gasteiger partial charge in [0, 0.05) is 29.6 Å². The Labute approximate surface area is 171 Å². The average Bonchev–Trinajstić information content (AvgIpc) is 2.77. The number of fused-ring (bicyclic) bond motifs is 3. The van der Waals surface area contributed by atoms with Gasteiger partial charge in [0.05, 0.1) is 5.69 Å². The summed E-state index contributed by atoms with van der Waals surface area (Å²) in [5.74, 6) is 1.34. The van der Waals surface area contributed by atoms with Crippen LogP contribution in [0.4, 0.5) is 11.6 Å². The molecule has 4 heteroatoms. The predicted octanol–water partition coefficient (Wildman–Crippen LogP) is 5.07. The SMILES string of the molecule is C[C@@H]1C(=O)CC[C@]2(c3ccccc3)c3nc(Nc4ccccc4)ncc3CC[C@@H]12. The zero-order valence-corrected chi connectivity index (χ0v) is 16.6. The Kier molecular flexibility index (Phi) is 4.42. The fourth-order valence-corrected chi connectivity index (χ4v) is 5.40. The minimum absolute atomic E-state index is 0.0533. The summed E-state index contributed by atoms with van der Waals surface area (Å²) in [6.07, 6.45) is 5.34. The Morgan fingerprint density at radius 2 is 1.72 bits per heavy atom. The monoisotopic (exact) mass is 383 g/mol. The lowest BCUT2D eigenvalue weighted by atomic mass is 9.53. The quantitative estimate of drug-likeness (QED) is 0.686. The standard InChI is InChI=1S/C25H25N3O/c1-17-21-13-12-18-16-26-24(27-20-10-6-3-7-11-20)28-23(18)25(21,15-14-22(17)29)19-8-4-2-5-9-19/h2-11,16-17,21H,12-15H2,1H3,(H,26,27,28)/t17-,21-,25+/m0/s1. The molecule has 0 amide bonds. The molecule has 1 saturated carbocycles. The van der Waals surface area contributed by atoms with Gasteiger partial charge in [-0.05, 0) is 48.4 Å². The Balaban J connectivity index is 1.66. The zero-order valence-electron chi connectivity index (χ0n) is 16.6. The van der Waals surface area contributed by atoms with Gasteiger partial charge in [-0.15, -0.1) is 0 Å². The van der Waals surface area contributed by atoms with Gasteiger partial charge >= 0.3 is 0 Å². The minimum Gasteiger partial charge on any atom is -0.324 e. The minimum atomic E-state index is -0.224. The molecule has 0 aliphatic heterocycles. The summed E-state index contributed by atoms with van der Waals surface area (Å²) in [5, 5.41) is 3.35. The number of aryl methyl sites for hydroxylation is 1. The molecular formula is C25H25N3O. The third-order valence-electron chi connectivity index (χ3n) is 6.84. The average molecular weight is 383 g/mol. The van der Waals surface area contributed by atoms with Crippen LogP contribution >= 0.6 is 0 Å². The summed E-state index contributed by atoms with van der Waals surface area (Å²) in [5.41, 5.74) is 4.34. The van der Waals surface area contributed by atoms with E-state index in [-0.39, 0.29) is 17.3 Å². The van der Waals surface area contributed by atoms with Gasteiger partial charge in [0.1, 0.15) is 5.78 Å². The number of aromatic nitrogens is 2. The van der Waals surface area contributed by atoms with Gasteiger partial charge in [0.15, 0.2) is 0 Å². The first-order valence-electron chi connectivity index (χ1n) is 10.5. The highest BCUT2D eigenvalue weighted by molar-refractivity contribution is 5.83. The summed E-state index contributed by atoms with van der Waals surface area (Å²) in [7, 11) is 0.